The summed E-state index contributed by atoms with van der Waals surface area (Å²) in [6.07, 6.45) is 9.03. The lowest BCUT2D eigenvalue weighted by atomic mass is 9.75. The maximum Gasteiger partial charge on any atom is 0.248 e. The quantitative estimate of drug-likeness (QED) is 0.362. The first-order valence-electron chi connectivity index (χ1n) is 13.7. The fraction of sp³-hybridized carbons (Fsp3) is 1.00. The number of nitrogens with one attached hydrogen (secondary N) is 3. The van der Waals surface area contributed by atoms with E-state index in [4.69, 9.17) is 0 Å². The van der Waals surface area contributed by atoms with Crippen LogP contribution in [0.15, 0.2) is 0 Å². The van der Waals surface area contributed by atoms with Gasteiger partial charge in [-0.3, -0.25) is 20.9 Å². The van der Waals surface area contributed by atoms with E-state index in [1.807, 2.05) is 0 Å². The predicted octanol–water partition coefficient (Wildman–Crippen LogP) is 5.64. The zero-order chi connectivity index (χ0) is 24.1. The second-order valence-corrected chi connectivity index (χ2v) is 11.2. The molecule has 0 amide bonds. The number of halogens is 3. The van der Waals surface area contributed by atoms with E-state index in [1.165, 1.54) is 12.8 Å². The molecule has 3 aliphatic rings. The Hall–Kier alpha value is -0.370. The van der Waals surface area contributed by atoms with Crippen LogP contribution in [0.5, 0.6) is 0 Å². The first kappa shape index (κ1) is 27.2. The molecule has 3 fully saturated rings. The van der Waals surface area contributed by atoms with Gasteiger partial charge in [-0.1, -0.05) is 33.6 Å². The maximum absolute atomic E-state index is 15.8. The molecule has 0 spiro atoms. The SMILES string of the molecule is CCCC(CC)(CCC)CNC1NCNC(N2CCCC2C2CCC(C(C)(F)F)CC2)C1F. The van der Waals surface area contributed by atoms with E-state index in [2.05, 4.69) is 41.6 Å². The van der Waals surface area contributed by atoms with Gasteiger partial charge in [-0.15, -0.1) is 0 Å². The van der Waals surface area contributed by atoms with Crippen LogP contribution in [0.25, 0.3) is 0 Å². The Labute approximate surface area is 200 Å². The normalized spacial score (nSPS) is 34.6. The van der Waals surface area contributed by atoms with Crippen LogP contribution in [-0.4, -0.2) is 55.1 Å². The first-order chi connectivity index (χ1) is 15.7. The molecule has 3 rings (SSSR count). The van der Waals surface area contributed by atoms with Gasteiger partial charge in [-0.05, 0) is 76.0 Å². The first-order valence-corrected chi connectivity index (χ1v) is 13.7. The van der Waals surface area contributed by atoms with Gasteiger partial charge in [0.15, 0.2) is 6.17 Å². The fourth-order valence-electron chi connectivity index (χ4n) is 7.01. The zero-order valence-corrected chi connectivity index (χ0v) is 21.4. The van der Waals surface area contributed by atoms with Gasteiger partial charge in [0.25, 0.3) is 0 Å². The molecule has 0 aromatic heterocycles. The van der Waals surface area contributed by atoms with Crippen LogP contribution in [0, 0.1) is 17.3 Å². The van der Waals surface area contributed by atoms with Gasteiger partial charge in [-0.25, -0.2) is 13.2 Å². The highest BCUT2D eigenvalue weighted by Crippen LogP contribution is 2.42. The maximum atomic E-state index is 15.8. The minimum absolute atomic E-state index is 0.238. The Morgan fingerprint density at radius 1 is 0.970 bits per heavy atom. The van der Waals surface area contributed by atoms with E-state index in [9.17, 15) is 8.78 Å². The van der Waals surface area contributed by atoms with Crippen LogP contribution in [0.1, 0.15) is 98.3 Å². The molecule has 33 heavy (non-hydrogen) atoms. The Kier molecular flexibility index (Phi) is 9.94. The van der Waals surface area contributed by atoms with Crippen molar-refractivity contribution in [2.45, 2.75) is 129 Å². The standard InChI is InChI=1S/C26H49F3N4/c1-5-14-26(7-3,15-6-2)17-30-23-22(27)24(32-18-31-23)33-16-8-9-21(33)19-10-12-20(13-11-19)25(4,28)29/h19-24,30-32H,5-18H2,1-4H3. The monoisotopic (exact) mass is 474 g/mol. The Bertz CT molecular complexity index is 570. The summed E-state index contributed by atoms with van der Waals surface area (Å²) in [6.45, 7) is 10.1. The molecular weight excluding hydrogens is 425 g/mol. The molecule has 4 atom stereocenters. The molecule has 4 nitrogen and oxygen atoms in total. The van der Waals surface area contributed by atoms with Crippen LogP contribution >= 0.6 is 0 Å². The molecule has 0 radical (unpaired) electrons. The van der Waals surface area contributed by atoms with E-state index < -0.39 is 18.0 Å². The van der Waals surface area contributed by atoms with Gasteiger partial charge in [0.05, 0.1) is 12.3 Å². The lowest BCUT2D eigenvalue weighted by molar-refractivity contribution is -0.0654. The lowest BCUT2D eigenvalue weighted by Crippen LogP contribution is -2.69. The van der Waals surface area contributed by atoms with Crippen molar-refractivity contribution < 1.29 is 13.2 Å². The van der Waals surface area contributed by atoms with Crippen LogP contribution in [0.2, 0.25) is 0 Å². The third-order valence-electron chi connectivity index (χ3n) is 8.99. The van der Waals surface area contributed by atoms with Crippen molar-refractivity contribution in [2.24, 2.45) is 17.3 Å². The molecule has 3 N–H and O–H groups in total. The topological polar surface area (TPSA) is 39.3 Å². The number of rotatable bonds is 11. The smallest absolute Gasteiger partial charge is 0.248 e. The van der Waals surface area contributed by atoms with E-state index in [-0.39, 0.29) is 17.7 Å². The Morgan fingerprint density at radius 3 is 2.21 bits per heavy atom. The molecule has 4 unspecified atom stereocenters. The zero-order valence-electron chi connectivity index (χ0n) is 21.4. The highest BCUT2D eigenvalue weighted by Gasteiger charge is 2.45. The van der Waals surface area contributed by atoms with Crippen molar-refractivity contribution in [3.63, 3.8) is 0 Å². The molecule has 0 bridgehead atoms. The van der Waals surface area contributed by atoms with Crippen LogP contribution in [0.4, 0.5) is 13.2 Å². The van der Waals surface area contributed by atoms with Gasteiger partial charge >= 0.3 is 0 Å². The van der Waals surface area contributed by atoms with Crippen molar-refractivity contribution in [1.29, 1.82) is 0 Å². The highest BCUT2D eigenvalue weighted by molar-refractivity contribution is 4.97. The van der Waals surface area contributed by atoms with E-state index in [0.717, 1.165) is 65.0 Å². The molecule has 0 aromatic carbocycles. The number of hydrogen-bond donors (Lipinski definition) is 3. The predicted molar refractivity (Wildman–Crippen MR) is 130 cm³/mol. The number of likely N-dealkylation sites (tertiary alicyclic amines) is 1. The molecule has 194 valence electrons. The third kappa shape index (κ3) is 6.65. The average molecular weight is 475 g/mol. The van der Waals surface area contributed by atoms with Crippen molar-refractivity contribution in [3.05, 3.63) is 0 Å². The second kappa shape index (κ2) is 12.0. The van der Waals surface area contributed by atoms with Crippen molar-refractivity contribution in [1.82, 2.24) is 20.9 Å². The molecular formula is C26H49F3N4. The Morgan fingerprint density at radius 2 is 1.64 bits per heavy atom. The summed E-state index contributed by atoms with van der Waals surface area (Å²) in [5.41, 5.74) is 0.238. The van der Waals surface area contributed by atoms with E-state index in [0.29, 0.717) is 31.5 Å². The minimum Gasteiger partial charge on any atom is -0.299 e. The summed E-state index contributed by atoms with van der Waals surface area (Å²) in [5.74, 6) is -2.67. The van der Waals surface area contributed by atoms with E-state index in [1.54, 1.807) is 0 Å². The molecule has 2 aliphatic heterocycles. The van der Waals surface area contributed by atoms with Crippen molar-refractivity contribution >= 4 is 0 Å². The molecule has 2 heterocycles. The van der Waals surface area contributed by atoms with E-state index >= 15 is 4.39 Å². The summed E-state index contributed by atoms with van der Waals surface area (Å²) in [5, 5.41) is 10.3. The highest BCUT2D eigenvalue weighted by atomic mass is 19.3. The summed E-state index contributed by atoms with van der Waals surface area (Å²) < 4.78 is 43.4. The molecule has 0 aromatic rings. The molecule has 1 saturated carbocycles. The van der Waals surface area contributed by atoms with Gasteiger partial charge in [0, 0.05) is 31.7 Å². The van der Waals surface area contributed by atoms with Gasteiger partial charge < -0.3 is 0 Å². The van der Waals surface area contributed by atoms with Gasteiger partial charge in [-0.2, -0.15) is 0 Å². The van der Waals surface area contributed by atoms with Crippen LogP contribution in [-0.2, 0) is 0 Å². The number of nitrogens with zero attached hydrogens (tertiary/aromatic N) is 1. The molecule has 7 heteroatoms. The molecule has 1 aliphatic carbocycles. The third-order valence-corrected chi connectivity index (χ3v) is 8.99. The second-order valence-electron chi connectivity index (χ2n) is 11.2. The summed E-state index contributed by atoms with van der Waals surface area (Å²) in [7, 11) is 0. The molecule has 2 saturated heterocycles. The fourth-order valence-corrected chi connectivity index (χ4v) is 7.01. The van der Waals surface area contributed by atoms with Crippen LogP contribution in [0.3, 0.4) is 0 Å². The van der Waals surface area contributed by atoms with Crippen LogP contribution < -0.4 is 16.0 Å². The lowest BCUT2D eigenvalue weighted by Gasteiger charge is -2.46. The number of hydrogen-bond acceptors (Lipinski definition) is 4. The number of alkyl halides is 3. The minimum atomic E-state index is -2.58. The van der Waals surface area contributed by atoms with Gasteiger partial charge in [0.2, 0.25) is 5.92 Å². The summed E-state index contributed by atoms with van der Waals surface area (Å²) in [6, 6.07) is 0.306. The van der Waals surface area contributed by atoms with Crippen molar-refractivity contribution in [3.8, 4) is 0 Å². The largest absolute Gasteiger partial charge is 0.299 e. The summed E-state index contributed by atoms with van der Waals surface area (Å²) >= 11 is 0. The Balaban J connectivity index is 1.60. The summed E-state index contributed by atoms with van der Waals surface area (Å²) in [4.78, 5) is 2.33. The van der Waals surface area contributed by atoms with Crippen molar-refractivity contribution in [2.75, 3.05) is 19.8 Å². The van der Waals surface area contributed by atoms with Gasteiger partial charge in [0.1, 0.15) is 0 Å². The average Bonchev–Trinajstić information content (AvgIpc) is 3.27.